The van der Waals surface area contributed by atoms with Crippen molar-refractivity contribution in [2.24, 2.45) is 0 Å². The van der Waals surface area contributed by atoms with Gasteiger partial charge in [0.25, 0.3) is 5.56 Å². The summed E-state index contributed by atoms with van der Waals surface area (Å²) < 4.78 is 6.07. The molecular weight excluding hydrogens is 420 g/mol. The zero-order chi connectivity index (χ0) is 23.5. The Hall–Kier alpha value is -3.89. The SMILES string of the molecule is Cc1cn(CC(=O)N[C@@H](CCCCNC(=O)OCc2ccccc2)C(=O)O)c(=O)[nH]c1=O. The number of aromatic amines is 1. The molecule has 1 aromatic carbocycles. The normalized spacial score (nSPS) is 11.4. The highest BCUT2D eigenvalue weighted by atomic mass is 16.5. The number of carboxylic acid groups (broad SMARTS) is 1. The fourth-order valence-corrected chi connectivity index (χ4v) is 2.83. The molecule has 0 aliphatic heterocycles. The number of aliphatic carboxylic acids is 1. The first kappa shape index (κ1) is 24.4. The van der Waals surface area contributed by atoms with E-state index in [1.807, 2.05) is 30.3 Å². The molecule has 2 amide bonds. The highest BCUT2D eigenvalue weighted by molar-refractivity contribution is 5.83. The van der Waals surface area contributed by atoms with Gasteiger partial charge in [0.1, 0.15) is 19.2 Å². The van der Waals surface area contributed by atoms with Crippen LogP contribution < -0.4 is 21.9 Å². The number of carboxylic acids is 1. The molecule has 1 heterocycles. The minimum Gasteiger partial charge on any atom is -0.480 e. The first-order chi connectivity index (χ1) is 15.3. The molecule has 0 saturated carbocycles. The van der Waals surface area contributed by atoms with Crippen LogP contribution in [0.1, 0.15) is 30.4 Å². The Bertz CT molecular complexity index is 1050. The molecule has 2 rings (SSSR count). The quantitative estimate of drug-likeness (QED) is 0.366. The maximum absolute atomic E-state index is 12.1. The van der Waals surface area contributed by atoms with Crippen molar-refractivity contribution in [3.63, 3.8) is 0 Å². The summed E-state index contributed by atoms with van der Waals surface area (Å²) in [7, 11) is 0. The van der Waals surface area contributed by atoms with E-state index in [0.29, 0.717) is 19.4 Å². The lowest BCUT2D eigenvalue weighted by Crippen LogP contribution is -2.44. The maximum atomic E-state index is 12.1. The van der Waals surface area contributed by atoms with Crippen LogP contribution in [0.3, 0.4) is 0 Å². The van der Waals surface area contributed by atoms with E-state index < -0.39 is 41.8 Å². The molecule has 0 spiro atoms. The molecule has 2 aromatic rings. The molecule has 0 bridgehead atoms. The summed E-state index contributed by atoms with van der Waals surface area (Å²) in [4.78, 5) is 60.4. The lowest BCUT2D eigenvalue weighted by Gasteiger charge is -2.15. The monoisotopic (exact) mass is 446 g/mol. The Kier molecular flexibility index (Phi) is 9.21. The Morgan fingerprint density at radius 3 is 2.56 bits per heavy atom. The first-order valence-corrected chi connectivity index (χ1v) is 10.0. The minimum absolute atomic E-state index is 0.140. The highest BCUT2D eigenvalue weighted by Gasteiger charge is 2.20. The van der Waals surface area contributed by atoms with Crippen LogP contribution in [0.2, 0.25) is 0 Å². The largest absolute Gasteiger partial charge is 0.480 e. The summed E-state index contributed by atoms with van der Waals surface area (Å²) in [5, 5.41) is 14.3. The zero-order valence-corrected chi connectivity index (χ0v) is 17.6. The van der Waals surface area contributed by atoms with Crippen molar-refractivity contribution in [1.82, 2.24) is 20.2 Å². The molecule has 172 valence electrons. The molecule has 11 heteroatoms. The van der Waals surface area contributed by atoms with Crippen molar-refractivity contribution >= 4 is 18.0 Å². The summed E-state index contributed by atoms with van der Waals surface area (Å²) in [6, 6.07) is 8.07. The van der Waals surface area contributed by atoms with Crippen molar-refractivity contribution in [3.8, 4) is 0 Å². The second-order valence-corrected chi connectivity index (χ2v) is 7.14. The molecule has 0 radical (unpaired) electrons. The lowest BCUT2D eigenvalue weighted by molar-refractivity contribution is -0.142. The van der Waals surface area contributed by atoms with Crippen LogP contribution in [-0.4, -0.2) is 45.2 Å². The fraction of sp³-hybridized carbons (Fsp3) is 0.381. The van der Waals surface area contributed by atoms with Crippen LogP contribution >= 0.6 is 0 Å². The van der Waals surface area contributed by atoms with Gasteiger partial charge >= 0.3 is 17.8 Å². The van der Waals surface area contributed by atoms with Crippen molar-refractivity contribution in [2.75, 3.05) is 6.54 Å². The van der Waals surface area contributed by atoms with E-state index in [1.54, 1.807) is 0 Å². The van der Waals surface area contributed by atoms with Gasteiger partial charge in [0.05, 0.1) is 0 Å². The molecule has 0 saturated heterocycles. The number of amides is 2. The molecular formula is C21H26N4O7. The third-order valence-electron chi connectivity index (χ3n) is 4.54. The molecule has 0 fully saturated rings. The molecule has 4 N–H and O–H groups in total. The zero-order valence-electron chi connectivity index (χ0n) is 17.6. The number of alkyl carbamates (subject to hydrolysis) is 1. The Balaban J connectivity index is 1.71. The van der Waals surface area contributed by atoms with E-state index >= 15 is 0 Å². The van der Waals surface area contributed by atoms with Gasteiger partial charge in [-0.05, 0) is 31.7 Å². The average Bonchev–Trinajstić information content (AvgIpc) is 2.75. The smallest absolute Gasteiger partial charge is 0.407 e. The fourth-order valence-electron chi connectivity index (χ4n) is 2.83. The van der Waals surface area contributed by atoms with Crippen LogP contribution in [0.15, 0.2) is 46.1 Å². The van der Waals surface area contributed by atoms with Gasteiger partial charge in [-0.15, -0.1) is 0 Å². The number of hydrogen-bond acceptors (Lipinski definition) is 6. The van der Waals surface area contributed by atoms with Gasteiger partial charge in [-0.25, -0.2) is 14.4 Å². The van der Waals surface area contributed by atoms with Crippen LogP contribution in [0.25, 0.3) is 0 Å². The molecule has 1 aromatic heterocycles. The van der Waals surface area contributed by atoms with Crippen LogP contribution in [0.5, 0.6) is 0 Å². The number of aryl methyl sites for hydroxylation is 1. The second kappa shape index (κ2) is 12.1. The maximum Gasteiger partial charge on any atom is 0.407 e. The number of ether oxygens (including phenoxy) is 1. The number of nitrogens with one attached hydrogen (secondary N) is 3. The Morgan fingerprint density at radius 2 is 1.88 bits per heavy atom. The van der Waals surface area contributed by atoms with Gasteiger partial charge in [-0.2, -0.15) is 0 Å². The van der Waals surface area contributed by atoms with Gasteiger partial charge < -0.3 is 20.5 Å². The van der Waals surface area contributed by atoms with Gasteiger partial charge in [0, 0.05) is 18.3 Å². The Morgan fingerprint density at radius 1 is 1.16 bits per heavy atom. The predicted octanol–water partition coefficient (Wildman–Crippen LogP) is 0.511. The average molecular weight is 446 g/mol. The second-order valence-electron chi connectivity index (χ2n) is 7.14. The van der Waals surface area contributed by atoms with Crippen LogP contribution in [0.4, 0.5) is 4.79 Å². The van der Waals surface area contributed by atoms with Gasteiger partial charge in [0.2, 0.25) is 5.91 Å². The molecule has 32 heavy (non-hydrogen) atoms. The Labute approximate surface area is 183 Å². The first-order valence-electron chi connectivity index (χ1n) is 10.0. The lowest BCUT2D eigenvalue weighted by atomic mass is 10.1. The third-order valence-corrected chi connectivity index (χ3v) is 4.54. The van der Waals surface area contributed by atoms with E-state index in [2.05, 4.69) is 15.6 Å². The highest BCUT2D eigenvalue weighted by Crippen LogP contribution is 2.03. The van der Waals surface area contributed by atoms with Crippen molar-refractivity contribution < 1.29 is 24.2 Å². The number of H-pyrrole nitrogens is 1. The number of unbranched alkanes of at least 4 members (excludes halogenated alkanes) is 1. The topological polar surface area (TPSA) is 160 Å². The standard InChI is InChI=1S/C21H26N4O7/c1-14-11-25(20(30)24-18(14)27)12-17(26)23-16(19(28)29)9-5-6-10-22-21(31)32-13-15-7-3-2-4-8-15/h2-4,7-8,11,16H,5-6,9-10,12-13H2,1H3,(H,22,31)(H,23,26)(H,28,29)(H,24,27,30)/t16-/m0/s1. The molecule has 11 nitrogen and oxygen atoms in total. The number of carbonyl (C=O) groups is 3. The van der Waals surface area contributed by atoms with Crippen LogP contribution in [0, 0.1) is 6.92 Å². The van der Waals surface area contributed by atoms with Gasteiger partial charge in [0.15, 0.2) is 0 Å². The van der Waals surface area contributed by atoms with E-state index in [4.69, 9.17) is 4.74 Å². The summed E-state index contributed by atoms with van der Waals surface area (Å²) in [5.41, 5.74) is -0.190. The van der Waals surface area contributed by atoms with Crippen molar-refractivity contribution in [2.45, 2.75) is 45.4 Å². The van der Waals surface area contributed by atoms with E-state index in [-0.39, 0.29) is 18.6 Å². The summed E-state index contributed by atoms with van der Waals surface area (Å²) >= 11 is 0. The summed E-state index contributed by atoms with van der Waals surface area (Å²) in [5.74, 6) is -1.88. The minimum atomic E-state index is -1.21. The number of carbonyl (C=O) groups excluding carboxylic acids is 2. The molecule has 0 aliphatic carbocycles. The molecule has 1 atom stereocenters. The van der Waals surface area contributed by atoms with Gasteiger partial charge in [-0.3, -0.25) is 19.1 Å². The number of rotatable bonds is 11. The number of benzene rings is 1. The van der Waals surface area contributed by atoms with Crippen molar-refractivity contribution in [1.29, 1.82) is 0 Å². The van der Waals surface area contributed by atoms with E-state index in [9.17, 15) is 29.1 Å². The van der Waals surface area contributed by atoms with E-state index in [1.165, 1.54) is 13.1 Å². The van der Waals surface area contributed by atoms with Crippen molar-refractivity contribution in [3.05, 3.63) is 68.5 Å². The van der Waals surface area contributed by atoms with E-state index in [0.717, 1.165) is 10.1 Å². The summed E-state index contributed by atoms with van der Waals surface area (Å²) in [6.45, 7) is 1.50. The number of aromatic nitrogens is 2. The molecule has 0 aliphatic rings. The molecule has 0 unspecified atom stereocenters. The van der Waals surface area contributed by atoms with Gasteiger partial charge in [-0.1, -0.05) is 30.3 Å². The van der Waals surface area contributed by atoms with Crippen LogP contribution in [-0.2, 0) is 27.5 Å². The number of hydrogen-bond donors (Lipinski definition) is 4. The predicted molar refractivity (Wildman–Crippen MR) is 114 cm³/mol. The summed E-state index contributed by atoms with van der Waals surface area (Å²) in [6.07, 6.45) is 1.71. The third kappa shape index (κ3) is 8.09. The number of nitrogens with zero attached hydrogens (tertiary/aromatic N) is 1.